The molecule has 0 aliphatic heterocycles. The largest absolute Gasteiger partial charge is 0.295 e. The van der Waals surface area contributed by atoms with Crippen LogP contribution in [-0.2, 0) is 10.0 Å². The summed E-state index contributed by atoms with van der Waals surface area (Å²) >= 11 is 5.84. The average Bonchev–Trinajstić information content (AvgIpc) is 2.15. The van der Waals surface area contributed by atoms with Gasteiger partial charge in [0.15, 0.2) is 5.78 Å². The molecule has 0 heterocycles. The van der Waals surface area contributed by atoms with Gasteiger partial charge in [0, 0.05) is 11.6 Å². The summed E-state index contributed by atoms with van der Waals surface area (Å²) < 4.78 is 26.3. The third-order valence-corrected chi connectivity index (χ3v) is 4.16. The van der Waals surface area contributed by atoms with Crippen LogP contribution in [0.4, 0.5) is 0 Å². The molecule has 1 N–H and O–H groups in total. The van der Waals surface area contributed by atoms with E-state index in [1.54, 1.807) is 13.8 Å². The molecule has 1 aromatic carbocycles. The van der Waals surface area contributed by atoms with Gasteiger partial charge >= 0.3 is 0 Å². The van der Waals surface area contributed by atoms with Crippen LogP contribution in [0.15, 0.2) is 23.1 Å². The highest BCUT2D eigenvalue weighted by Crippen LogP contribution is 2.23. The molecule has 94 valence electrons. The standard InChI is InChI=1S/C11H14ClNO3S/c1-7(2)13-17(15,16)11-6-9(8(3)14)4-5-10(11)12/h4-7,13H,1-3H3. The minimum atomic E-state index is -3.68. The van der Waals surface area contributed by atoms with Gasteiger partial charge < -0.3 is 0 Å². The average molecular weight is 276 g/mol. The van der Waals surface area contributed by atoms with Gasteiger partial charge in [0.25, 0.3) is 0 Å². The van der Waals surface area contributed by atoms with Gasteiger partial charge in [0.1, 0.15) is 4.90 Å². The van der Waals surface area contributed by atoms with Gasteiger partial charge in [-0.05, 0) is 39.0 Å². The van der Waals surface area contributed by atoms with Crippen molar-refractivity contribution in [3.63, 3.8) is 0 Å². The molecule has 1 rings (SSSR count). The fourth-order valence-electron chi connectivity index (χ4n) is 1.30. The maximum Gasteiger partial charge on any atom is 0.242 e. The first kappa shape index (κ1) is 14.2. The topological polar surface area (TPSA) is 63.2 Å². The molecular weight excluding hydrogens is 262 g/mol. The third-order valence-electron chi connectivity index (χ3n) is 2.02. The Balaban J connectivity index is 3.30. The lowest BCUT2D eigenvalue weighted by Crippen LogP contribution is -2.30. The molecular formula is C11H14ClNO3S. The van der Waals surface area contributed by atoms with Crippen LogP contribution in [0.3, 0.4) is 0 Å². The van der Waals surface area contributed by atoms with Crippen LogP contribution in [-0.4, -0.2) is 20.2 Å². The first-order valence-electron chi connectivity index (χ1n) is 5.07. The van der Waals surface area contributed by atoms with Crippen molar-refractivity contribution in [2.24, 2.45) is 0 Å². The van der Waals surface area contributed by atoms with E-state index in [1.807, 2.05) is 0 Å². The first-order valence-corrected chi connectivity index (χ1v) is 6.93. The van der Waals surface area contributed by atoms with Gasteiger partial charge in [0.05, 0.1) is 5.02 Å². The normalized spacial score (nSPS) is 11.8. The lowest BCUT2D eigenvalue weighted by atomic mass is 10.1. The smallest absolute Gasteiger partial charge is 0.242 e. The zero-order chi connectivity index (χ0) is 13.2. The molecule has 0 aliphatic rings. The summed E-state index contributed by atoms with van der Waals surface area (Å²) in [6.45, 7) is 4.79. The van der Waals surface area contributed by atoms with Crippen molar-refractivity contribution in [1.29, 1.82) is 0 Å². The molecule has 17 heavy (non-hydrogen) atoms. The Bertz CT molecular complexity index is 538. The van der Waals surface area contributed by atoms with Gasteiger partial charge in [-0.25, -0.2) is 13.1 Å². The molecule has 0 fully saturated rings. The Morgan fingerprint density at radius 1 is 1.35 bits per heavy atom. The van der Waals surface area contributed by atoms with Gasteiger partial charge in [-0.1, -0.05) is 11.6 Å². The Hall–Kier alpha value is -0.910. The van der Waals surface area contributed by atoms with Crippen LogP contribution >= 0.6 is 11.6 Å². The molecule has 0 saturated heterocycles. The van der Waals surface area contributed by atoms with E-state index in [9.17, 15) is 13.2 Å². The number of carbonyl (C=O) groups excluding carboxylic acids is 1. The number of halogens is 1. The number of carbonyl (C=O) groups is 1. The van der Waals surface area contributed by atoms with E-state index in [0.717, 1.165) is 0 Å². The molecule has 0 amide bonds. The number of benzene rings is 1. The number of sulfonamides is 1. The van der Waals surface area contributed by atoms with Crippen molar-refractivity contribution in [2.75, 3.05) is 0 Å². The predicted octanol–water partition coefficient (Wildman–Crippen LogP) is 2.23. The van der Waals surface area contributed by atoms with Gasteiger partial charge in [0.2, 0.25) is 10.0 Å². The van der Waals surface area contributed by atoms with E-state index in [2.05, 4.69) is 4.72 Å². The zero-order valence-electron chi connectivity index (χ0n) is 9.82. The van der Waals surface area contributed by atoms with Crippen LogP contribution in [0.5, 0.6) is 0 Å². The zero-order valence-corrected chi connectivity index (χ0v) is 11.4. The van der Waals surface area contributed by atoms with E-state index < -0.39 is 10.0 Å². The van der Waals surface area contributed by atoms with Crippen molar-refractivity contribution in [2.45, 2.75) is 31.7 Å². The third kappa shape index (κ3) is 3.52. The minimum Gasteiger partial charge on any atom is -0.295 e. The molecule has 0 unspecified atom stereocenters. The first-order chi connectivity index (χ1) is 7.74. The quantitative estimate of drug-likeness (QED) is 0.857. The highest BCUT2D eigenvalue weighted by molar-refractivity contribution is 7.89. The summed E-state index contributed by atoms with van der Waals surface area (Å²) in [5.41, 5.74) is 0.318. The molecule has 0 saturated carbocycles. The lowest BCUT2D eigenvalue weighted by molar-refractivity contribution is 0.101. The van der Waals surface area contributed by atoms with Crippen molar-refractivity contribution in [3.8, 4) is 0 Å². The van der Waals surface area contributed by atoms with Crippen molar-refractivity contribution in [1.82, 2.24) is 4.72 Å². The Kier molecular flexibility index (Phi) is 4.30. The number of ketones is 1. The summed E-state index contributed by atoms with van der Waals surface area (Å²) in [5, 5.41) is 0.100. The molecule has 0 aliphatic carbocycles. The maximum absolute atomic E-state index is 11.9. The fourth-order valence-corrected chi connectivity index (χ4v) is 3.08. The monoisotopic (exact) mass is 275 g/mol. The van der Waals surface area contributed by atoms with Crippen LogP contribution < -0.4 is 4.72 Å². The number of hydrogen-bond donors (Lipinski definition) is 1. The molecule has 1 aromatic rings. The summed E-state index contributed by atoms with van der Waals surface area (Å²) in [7, 11) is -3.68. The molecule has 0 radical (unpaired) electrons. The number of Topliss-reactive ketones (excluding diaryl/α,β-unsaturated/α-hetero) is 1. The SMILES string of the molecule is CC(=O)c1ccc(Cl)c(S(=O)(=O)NC(C)C)c1. The van der Waals surface area contributed by atoms with E-state index >= 15 is 0 Å². The summed E-state index contributed by atoms with van der Waals surface area (Å²) in [6, 6.07) is 3.96. The van der Waals surface area contributed by atoms with Crippen LogP contribution in [0.25, 0.3) is 0 Å². The number of hydrogen-bond acceptors (Lipinski definition) is 3. The van der Waals surface area contributed by atoms with Crippen LogP contribution in [0.1, 0.15) is 31.1 Å². The van der Waals surface area contributed by atoms with E-state index in [1.165, 1.54) is 25.1 Å². The van der Waals surface area contributed by atoms with Gasteiger partial charge in [-0.3, -0.25) is 4.79 Å². The second-order valence-electron chi connectivity index (χ2n) is 3.98. The van der Waals surface area contributed by atoms with Crippen molar-refractivity contribution in [3.05, 3.63) is 28.8 Å². The molecule has 6 heteroatoms. The Labute approximate surface area is 106 Å². The second kappa shape index (κ2) is 5.16. The predicted molar refractivity (Wildman–Crippen MR) is 66.9 cm³/mol. The second-order valence-corrected chi connectivity index (χ2v) is 6.07. The molecule has 4 nitrogen and oxygen atoms in total. The number of rotatable bonds is 4. The fraction of sp³-hybridized carbons (Fsp3) is 0.364. The summed E-state index contributed by atoms with van der Waals surface area (Å²) in [6.07, 6.45) is 0. The molecule has 0 bridgehead atoms. The molecule has 0 aromatic heterocycles. The highest BCUT2D eigenvalue weighted by Gasteiger charge is 2.20. The summed E-state index contributed by atoms with van der Waals surface area (Å²) in [5.74, 6) is -0.206. The van der Waals surface area contributed by atoms with Crippen LogP contribution in [0.2, 0.25) is 5.02 Å². The Morgan fingerprint density at radius 3 is 2.41 bits per heavy atom. The highest BCUT2D eigenvalue weighted by atomic mass is 35.5. The number of nitrogens with one attached hydrogen (secondary N) is 1. The van der Waals surface area contributed by atoms with E-state index in [0.29, 0.717) is 5.56 Å². The lowest BCUT2D eigenvalue weighted by Gasteiger charge is -2.11. The summed E-state index contributed by atoms with van der Waals surface area (Å²) in [4.78, 5) is 11.1. The van der Waals surface area contributed by atoms with E-state index in [-0.39, 0.29) is 21.7 Å². The Morgan fingerprint density at radius 2 is 1.94 bits per heavy atom. The molecule has 0 atom stereocenters. The van der Waals surface area contributed by atoms with Gasteiger partial charge in [-0.15, -0.1) is 0 Å². The van der Waals surface area contributed by atoms with E-state index in [4.69, 9.17) is 11.6 Å². The maximum atomic E-state index is 11.9. The van der Waals surface area contributed by atoms with Crippen LogP contribution in [0, 0.1) is 0 Å². The van der Waals surface area contributed by atoms with Gasteiger partial charge in [-0.2, -0.15) is 0 Å². The van der Waals surface area contributed by atoms with Crippen molar-refractivity contribution >= 4 is 27.4 Å². The minimum absolute atomic E-state index is 0.0689. The van der Waals surface area contributed by atoms with Crippen molar-refractivity contribution < 1.29 is 13.2 Å². The molecule has 0 spiro atoms.